The molecular weight excluding hydrogens is 528 g/mol. The molecule has 0 unspecified atom stereocenters. The number of ketones is 2. The summed E-state index contributed by atoms with van der Waals surface area (Å²) in [6.07, 6.45) is 1.57. The SMILES string of the molecule is O=C1C(=Cc2ccc3c4c(ccc3c2)N(c2ccccc2)c2ccccc2C4(F)F)C(=O)c2cc3ccccc3cc21. The summed E-state index contributed by atoms with van der Waals surface area (Å²) >= 11 is 0. The van der Waals surface area contributed by atoms with Crippen LogP contribution in [0, 0.1) is 0 Å². The molecule has 1 heterocycles. The number of carbonyl (C=O) groups is 2. The highest BCUT2D eigenvalue weighted by Crippen LogP contribution is 2.55. The van der Waals surface area contributed by atoms with Gasteiger partial charge in [0.05, 0.1) is 22.5 Å². The average Bonchev–Trinajstić information content (AvgIpc) is 3.24. The fourth-order valence-electron chi connectivity index (χ4n) is 6.30. The molecule has 0 bridgehead atoms. The van der Waals surface area contributed by atoms with Crippen molar-refractivity contribution < 1.29 is 18.4 Å². The number of anilines is 3. The average molecular weight is 550 g/mol. The highest BCUT2D eigenvalue weighted by Gasteiger charge is 2.45. The number of fused-ring (bicyclic) bond motifs is 6. The molecule has 0 saturated carbocycles. The Balaban J connectivity index is 1.27. The van der Waals surface area contributed by atoms with Crippen LogP contribution >= 0.6 is 0 Å². The van der Waals surface area contributed by atoms with Crippen molar-refractivity contribution in [3.05, 3.63) is 155 Å². The van der Waals surface area contributed by atoms with E-state index < -0.39 is 5.92 Å². The minimum absolute atomic E-state index is 0.0626. The van der Waals surface area contributed by atoms with E-state index in [4.69, 9.17) is 0 Å². The molecule has 6 aromatic carbocycles. The van der Waals surface area contributed by atoms with Gasteiger partial charge in [-0.25, -0.2) is 0 Å². The topological polar surface area (TPSA) is 37.4 Å². The summed E-state index contributed by atoms with van der Waals surface area (Å²) in [5.41, 5.74) is 2.94. The van der Waals surface area contributed by atoms with E-state index in [1.165, 1.54) is 6.07 Å². The Morgan fingerprint density at radius 1 is 0.595 bits per heavy atom. The number of hydrogen-bond donors (Lipinski definition) is 0. The number of halogens is 2. The van der Waals surface area contributed by atoms with Crippen molar-refractivity contribution in [2.24, 2.45) is 0 Å². The molecule has 42 heavy (non-hydrogen) atoms. The molecule has 0 atom stereocenters. The number of allylic oxidation sites excluding steroid dienone is 1. The zero-order valence-corrected chi connectivity index (χ0v) is 22.1. The van der Waals surface area contributed by atoms with Gasteiger partial charge in [0.1, 0.15) is 0 Å². The van der Waals surface area contributed by atoms with Gasteiger partial charge in [0, 0.05) is 22.4 Å². The summed E-state index contributed by atoms with van der Waals surface area (Å²) < 4.78 is 32.6. The van der Waals surface area contributed by atoms with Gasteiger partial charge >= 0.3 is 5.92 Å². The van der Waals surface area contributed by atoms with Gasteiger partial charge in [0.2, 0.25) is 0 Å². The molecule has 0 aromatic heterocycles. The fraction of sp³-hybridized carbons (Fsp3) is 0.0270. The molecule has 0 saturated heterocycles. The largest absolute Gasteiger partial charge is 0.309 e. The Morgan fingerprint density at radius 3 is 1.95 bits per heavy atom. The van der Waals surface area contributed by atoms with Crippen LogP contribution in [-0.2, 0) is 5.92 Å². The van der Waals surface area contributed by atoms with E-state index >= 15 is 8.78 Å². The van der Waals surface area contributed by atoms with Crippen molar-refractivity contribution in [1.29, 1.82) is 0 Å². The molecule has 200 valence electrons. The number of para-hydroxylation sites is 2. The zero-order valence-electron chi connectivity index (χ0n) is 22.1. The summed E-state index contributed by atoms with van der Waals surface area (Å²) in [4.78, 5) is 28.4. The van der Waals surface area contributed by atoms with Gasteiger partial charge < -0.3 is 4.90 Å². The summed E-state index contributed by atoms with van der Waals surface area (Å²) in [6, 6.07) is 35.8. The number of carbonyl (C=O) groups excluding carboxylic acids is 2. The first-order chi connectivity index (χ1) is 20.4. The van der Waals surface area contributed by atoms with E-state index in [2.05, 4.69) is 0 Å². The van der Waals surface area contributed by atoms with Gasteiger partial charge in [0.15, 0.2) is 11.6 Å². The van der Waals surface area contributed by atoms with Gasteiger partial charge in [-0.1, -0.05) is 78.9 Å². The van der Waals surface area contributed by atoms with Gasteiger partial charge in [-0.15, -0.1) is 0 Å². The molecule has 6 aromatic rings. The highest BCUT2D eigenvalue weighted by atomic mass is 19.3. The molecule has 3 nitrogen and oxygen atoms in total. The maximum absolute atomic E-state index is 16.3. The summed E-state index contributed by atoms with van der Waals surface area (Å²) in [7, 11) is 0. The van der Waals surface area contributed by atoms with Crippen molar-refractivity contribution in [2.75, 3.05) is 4.90 Å². The molecule has 8 rings (SSSR count). The van der Waals surface area contributed by atoms with E-state index in [0.717, 1.165) is 16.5 Å². The monoisotopic (exact) mass is 549 g/mol. The zero-order chi connectivity index (χ0) is 28.6. The summed E-state index contributed by atoms with van der Waals surface area (Å²) in [5, 5.41) is 2.78. The lowest BCUT2D eigenvalue weighted by atomic mass is 9.87. The van der Waals surface area contributed by atoms with Gasteiger partial charge in [0.25, 0.3) is 0 Å². The van der Waals surface area contributed by atoms with Gasteiger partial charge in [-0.2, -0.15) is 8.78 Å². The predicted molar refractivity (Wildman–Crippen MR) is 162 cm³/mol. The first-order valence-corrected chi connectivity index (χ1v) is 13.7. The van der Waals surface area contributed by atoms with Crippen LogP contribution in [-0.4, -0.2) is 11.6 Å². The molecule has 0 amide bonds. The lowest BCUT2D eigenvalue weighted by Gasteiger charge is -2.38. The lowest BCUT2D eigenvalue weighted by molar-refractivity contribution is 0.0441. The van der Waals surface area contributed by atoms with E-state index in [1.54, 1.807) is 60.7 Å². The van der Waals surface area contributed by atoms with Crippen LogP contribution < -0.4 is 4.90 Å². The second kappa shape index (κ2) is 8.79. The fourth-order valence-corrected chi connectivity index (χ4v) is 6.30. The van der Waals surface area contributed by atoms with Crippen molar-refractivity contribution >= 4 is 56.2 Å². The number of alkyl halides is 2. The summed E-state index contributed by atoms with van der Waals surface area (Å²) in [5.74, 6) is -3.89. The van der Waals surface area contributed by atoms with E-state index in [9.17, 15) is 9.59 Å². The van der Waals surface area contributed by atoms with E-state index in [1.807, 2.05) is 65.6 Å². The maximum Gasteiger partial charge on any atom is 0.303 e. The number of rotatable bonds is 2. The summed E-state index contributed by atoms with van der Waals surface area (Å²) in [6.45, 7) is 0. The van der Waals surface area contributed by atoms with Crippen molar-refractivity contribution in [3.63, 3.8) is 0 Å². The first-order valence-electron chi connectivity index (χ1n) is 13.7. The first kappa shape index (κ1) is 24.4. The van der Waals surface area contributed by atoms with Crippen LogP contribution in [0.25, 0.3) is 27.6 Å². The third kappa shape index (κ3) is 3.43. The lowest BCUT2D eigenvalue weighted by Crippen LogP contribution is -2.29. The third-order valence-corrected chi connectivity index (χ3v) is 8.25. The van der Waals surface area contributed by atoms with Crippen LogP contribution in [0.5, 0.6) is 0 Å². The smallest absolute Gasteiger partial charge is 0.303 e. The van der Waals surface area contributed by atoms with Crippen LogP contribution in [0.2, 0.25) is 0 Å². The molecule has 2 aliphatic rings. The van der Waals surface area contributed by atoms with Crippen LogP contribution in [0.4, 0.5) is 25.8 Å². The Hall–Kier alpha value is -5.42. The highest BCUT2D eigenvalue weighted by molar-refractivity contribution is 6.42. The van der Waals surface area contributed by atoms with Crippen LogP contribution in [0.1, 0.15) is 37.4 Å². The second-order valence-corrected chi connectivity index (χ2v) is 10.7. The number of hydrogen-bond acceptors (Lipinski definition) is 3. The van der Waals surface area contributed by atoms with Crippen molar-refractivity contribution in [1.82, 2.24) is 0 Å². The normalized spacial score (nSPS) is 15.1. The molecule has 1 aliphatic heterocycles. The maximum atomic E-state index is 16.3. The minimum Gasteiger partial charge on any atom is -0.309 e. The standard InChI is InChI=1S/C37H21F2NO2/c38-37(39)31-12-6-7-13-32(31)40(26-10-2-1-3-11-26)33-17-15-25-18-22(14-16-27(25)34(33)37)19-30-35(41)28-20-23-8-4-5-9-24(23)21-29(28)36(30)42/h1-21H. The molecule has 0 spiro atoms. The molecule has 1 aliphatic carbocycles. The van der Waals surface area contributed by atoms with Crippen LogP contribution in [0.15, 0.2) is 127 Å². The van der Waals surface area contributed by atoms with Gasteiger partial charge in [-0.05, 0) is 75.6 Å². The van der Waals surface area contributed by atoms with Gasteiger partial charge in [-0.3, -0.25) is 9.59 Å². The van der Waals surface area contributed by atoms with E-state index in [0.29, 0.717) is 38.8 Å². The second-order valence-electron chi connectivity index (χ2n) is 10.7. The number of Topliss-reactive ketones (excluding diaryl/α,β-unsaturated/α-hetero) is 2. The molecule has 0 N–H and O–H groups in total. The predicted octanol–water partition coefficient (Wildman–Crippen LogP) is 9.38. The van der Waals surface area contributed by atoms with Crippen LogP contribution in [0.3, 0.4) is 0 Å². The molecule has 0 fully saturated rings. The quantitative estimate of drug-likeness (QED) is 0.160. The Labute approximate surface area is 240 Å². The molecule has 5 heteroatoms. The third-order valence-electron chi connectivity index (χ3n) is 8.25. The molecular formula is C37H21F2NO2. The Morgan fingerprint density at radius 2 is 1.24 bits per heavy atom. The molecule has 0 radical (unpaired) electrons. The van der Waals surface area contributed by atoms with E-state index in [-0.39, 0.29) is 28.3 Å². The number of benzene rings is 6. The Bertz CT molecular complexity index is 2110. The number of nitrogens with zero attached hydrogens (tertiary/aromatic N) is 1. The van der Waals surface area contributed by atoms with Crippen molar-refractivity contribution in [3.8, 4) is 0 Å². The Kier molecular flexibility index (Phi) is 5.10. The van der Waals surface area contributed by atoms with Crippen molar-refractivity contribution in [2.45, 2.75) is 5.92 Å². The minimum atomic E-state index is -3.24.